The summed E-state index contributed by atoms with van der Waals surface area (Å²) in [6.45, 7) is 5.93. The van der Waals surface area contributed by atoms with Crippen LogP contribution in [0.2, 0.25) is 0 Å². The van der Waals surface area contributed by atoms with Crippen LogP contribution in [0.1, 0.15) is 31.2 Å². The first kappa shape index (κ1) is 14.5. The molecule has 0 radical (unpaired) electrons. The lowest BCUT2D eigenvalue weighted by molar-refractivity contribution is 0.0676. The summed E-state index contributed by atoms with van der Waals surface area (Å²) >= 11 is 0. The van der Waals surface area contributed by atoms with Crippen molar-refractivity contribution in [2.45, 2.75) is 38.3 Å². The van der Waals surface area contributed by atoms with E-state index in [1.165, 1.54) is 57.4 Å². The van der Waals surface area contributed by atoms with E-state index in [0.29, 0.717) is 0 Å². The lowest BCUT2D eigenvalue weighted by atomic mass is 9.93. The van der Waals surface area contributed by atoms with E-state index >= 15 is 0 Å². The zero-order chi connectivity index (χ0) is 14.9. The van der Waals surface area contributed by atoms with Crippen LogP contribution < -0.4 is 4.74 Å². The summed E-state index contributed by atoms with van der Waals surface area (Å²) in [6.07, 6.45) is 6.01. The SMILES string of the molecule is COc1ccccc1CN1CCN(C2CC3CCC2C3)CC1. The highest BCUT2D eigenvalue weighted by Gasteiger charge is 2.42. The van der Waals surface area contributed by atoms with Gasteiger partial charge in [-0.25, -0.2) is 0 Å². The molecule has 0 aromatic heterocycles. The van der Waals surface area contributed by atoms with Crippen molar-refractivity contribution in [3.8, 4) is 5.75 Å². The van der Waals surface area contributed by atoms with Gasteiger partial charge in [0.15, 0.2) is 0 Å². The second-order valence-corrected chi connectivity index (χ2v) is 7.37. The molecule has 4 rings (SSSR count). The minimum absolute atomic E-state index is 0.909. The maximum Gasteiger partial charge on any atom is 0.123 e. The second-order valence-electron chi connectivity index (χ2n) is 7.37. The Labute approximate surface area is 134 Å². The molecule has 0 spiro atoms. The van der Waals surface area contributed by atoms with E-state index in [4.69, 9.17) is 4.74 Å². The van der Waals surface area contributed by atoms with E-state index in [-0.39, 0.29) is 0 Å². The lowest BCUT2D eigenvalue weighted by Crippen LogP contribution is -2.51. The van der Waals surface area contributed by atoms with E-state index in [0.717, 1.165) is 30.2 Å². The van der Waals surface area contributed by atoms with Gasteiger partial charge in [0.25, 0.3) is 0 Å². The average Bonchev–Trinajstić information content (AvgIpc) is 3.19. The normalized spacial score (nSPS) is 32.5. The molecule has 1 heterocycles. The molecule has 0 amide bonds. The van der Waals surface area contributed by atoms with Crippen LogP contribution in [-0.2, 0) is 6.54 Å². The fraction of sp³-hybridized carbons (Fsp3) is 0.684. The molecule has 3 aliphatic rings. The summed E-state index contributed by atoms with van der Waals surface area (Å²) in [7, 11) is 1.77. The minimum atomic E-state index is 0.909. The maximum absolute atomic E-state index is 5.49. The van der Waals surface area contributed by atoms with Crippen molar-refractivity contribution in [3.63, 3.8) is 0 Å². The number of fused-ring (bicyclic) bond motifs is 2. The van der Waals surface area contributed by atoms with Crippen LogP contribution in [0.5, 0.6) is 5.75 Å². The van der Waals surface area contributed by atoms with Gasteiger partial charge in [0.05, 0.1) is 7.11 Å². The van der Waals surface area contributed by atoms with Crippen LogP contribution in [0, 0.1) is 11.8 Å². The van der Waals surface area contributed by atoms with Crippen LogP contribution in [0.3, 0.4) is 0 Å². The average molecular weight is 300 g/mol. The van der Waals surface area contributed by atoms with Crippen LogP contribution in [0.4, 0.5) is 0 Å². The number of hydrogen-bond acceptors (Lipinski definition) is 3. The van der Waals surface area contributed by atoms with Gasteiger partial charge in [-0.3, -0.25) is 9.80 Å². The third-order valence-electron chi connectivity index (χ3n) is 6.16. The molecule has 3 heteroatoms. The fourth-order valence-corrected chi connectivity index (χ4v) is 4.99. The molecule has 1 aromatic carbocycles. The quantitative estimate of drug-likeness (QED) is 0.850. The van der Waals surface area contributed by atoms with Gasteiger partial charge in [-0.05, 0) is 37.2 Å². The van der Waals surface area contributed by atoms with Gasteiger partial charge in [0, 0.05) is 44.3 Å². The number of rotatable bonds is 4. The number of benzene rings is 1. The number of nitrogens with zero attached hydrogens (tertiary/aromatic N) is 2. The molecule has 3 nitrogen and oxygen atoms in total. The molecule has 2 bridgehead atoms. The predicted molar refractivity (Wildman–Crippen MR) is 89.1 cm³/mol. The zero-order valence-corrected chi connectivity index (χ0v) is 13.7. The number of hydrogen-bond donors (Lipinski definition) is 0. The highest BCUT2D eigenvalue weighted by atomic mass is 16.5. The lowest BCUT2D eigenvalue weighted by Gasteiger charge is -2.41. The second kappa shape index (κ2) is 6.21. The van der Waals surface area contributed by atoms with Gasteiger partial charge >= 0.3 is 0 Å². The molecule has 22 heavy (non-hydrogen) atoms. The first-order valence-electron chi connectivity index (χ1n) is 8.92. The summed E-state index contributed by atoms with van der Waals surface area (Å²) in [6, 6.07) is 9.34. The Kier molecular flexibility index (Phi) is 4.10. The van der Waals surface area contributed by atoms with Crippen molar-refractivity contribution >= 4 is 0 Å². The Morgan fingerprint density at radius 2 is 1.86 bits per heavy atom. The molecule has 120 valence electrons. The largest absolute Gasteiger partial charge is 0.496 e. The van der Waals surface area contributed by atoms with Crippen molar-refractivity contribution in [1.29, 1.82) is 0 Å². The summed E-state index contributed by atoms with van der Waals surface area (Å²) < 4.78 is 5.49. The topological polar surface area (TPSA) is 15.7 Å². The van der Waals surface area contributed by atoms with E-state index in [1.54, 1.807) is 7.11 Å². The monoisotopic (exact) mass is 300 g/mol. The smallest absolute Gasteiger partial charge is 0.123 e. The van der Waals surface area contributed by atoms with Crippen molar-refractivity contribution < 1.29 is 4.74 Å². The number of piperazine rings is 1. The number of ether oxygens (including phenoxy) is 1. The van der Waals surface area contributed by atoms with E-state index in [1.807, 2.05) is 0 Å². The number of para-hydroxylation sites is 1. The van der Waals surface area contributed by atoms with E-state index < -0.39 is 0 Å². The van der Waals surface area contributed by atoms with Gasteiger partial charge in [-0.1, -0.05) is 24.6 Å². The Morgan fingerprint density at radius 3 is 2.55 bits per heavy atom. The van der Waals surface area contributed by atoms with Crippen molar-refractivity contribution in [2.24, 2.45) is 11.8 Å². The van der Waals surface area contributed by atoms with E-state index in [9.17, 15) is 0 Å². The molecule has 2 saturated carbocycles. The van der Waals surface area contributed by atoms with Crippen LogP contribution in [0.15, 0.2) is 24.3 Å². The summed E-state index contributed by atoms with van der Waals surface area (Å²) in [5.74, 6) is 3.10. The molecule has 3 atom stereocenters. The summed E-state index contributed by atoms with van der Waals surface area (Å²) in [4.78, 5) is 5.38. The van der Waals surface area contributed by atoms with Crippen LogP contribution in [-0.4, -0.2) is 49.1 Å². The highest BCUT2D eigenvalue weighted by Crippen LogP contribution is 2.46. The Balaban J connectivity index is 1.32. The molecule has 3 unspecified atom stereocenters. The van der Waals surface area contributed by atoms with Crippen molar-refractivity contribution in [1.82, 2.24) is 9.80 Å². The molecular weight excluding hydrogens is 272 g/mol. The van der Waals surface area contributed by atoms with Crippen molar-refractivity contribution in [2.75, 3.05) is 33.3 Å². The molecule has 0 N–H and O–H groups in total. The Hall–Kier alpha value is -1.06. The van der Waals surface area contributed by atoms with Crippen LogP contribution >= 0.6 is 0 Å². The van der Waals surface area contributed by atoms with Gasteiger partial charge in [-0.2, -0.15) is 0 Å². The molecule has 1 aromatic rings. The van der Waals surface area contributed by atoms with Crippen molar-refractivity contribution in [3.05, 3.63) is 29.8 Å². The molecular formula is C19H28N2O. The van der Waals surface area contributed by atoms with Gasteiger partial charge in [-0.15, -0.1) is 0 Å². The first-order valence-corrected chi connectivity index (χ1v) is 8.92. The van der Waals surface area contributed by atoms with Gasteiger partial charge in [0.1, 0.15) is 5.75 Å². The standard InChI is InChI=1S/C19H28N2O/c1-22-19-5-3-2-4-17(19)14-20-8-10-21(11-9-20)18-13-15-6-7-16(18)12-15/h2-5,15-16,18H,6-14H2,1H3. The minimum Gasteiger partial charge on any atom is -0.496 e. The molecule has 1 aliphatic heterocycles. The Morgan fingerprint density at radius 1 is 1.05 bits per heavy atom. The third kappa shape index (κ3) is 2.77. The van der Waals surface area contributed by atoms with Gasteiger partial charge < -0.3 is 4.74 Å². The highest BCUT2D eigenvalue weighted by molar-refractivity contribution is 5.33. The predicted octanol–water partition coefficient (Wildman–Crippen LogP) is 3.00. The number of methoxy groups -OCH3 is 1. The summed E-state index contributed by atoms with van der Waals surface area (Å²) in [5.41, 5.74) is 1.32. The first-order chi connectivity index (χ1) is 10.8. The molecule has 1 saturated heterocycles. The molecule has 2 aliphatic carbocycles. The summed E-state index contributed by atoms with van der Waals surface area (Å²) in [5, 5.41) is 0. The zero-order valence-electron chi connectivity index (χ0n) is 13.7. The Bertz CT molecular complexity index is 510. The van der Waals surface area contributed by atoms with Crippen LogP contribution in [0.25, 0.3) is 0 Å². The third-order valence-corrected chi connectivity index (χ3v) is 6.16. The molecule has 3 fully saturated rings. The van der Waals surface area contributed by atoms with Gasteiger partial charge in [0.2, 0.25) is 0 Å². The van der Waals surface area contributed by atoms with E-state index in [2.05, 4.69) is 34.1 Å². The fourth-order valence-electron chi connectivity index (χ4n) is 4.99. The maximum atomic E-state index is 5.49.